The van der Waals surface area contributed by atoms with Gasteiger partial charge in [0.25, 0.3) is 5.91 Å². The van der Waals surface area contributed by atoms with Crippen LogP contribution in [0.2, 0.25) is 0 Å². The molecule has 0 heterocycles. The average Bonchev–Trinajstić information content (AvgIpc) is 2.57. The number of nitrogens with one attached hydrogen (secondary N) is 2. The van der Waals surface area contributed by atoms with Crippen molar-refractivity contribution in [1.82, 2.24) is 5.32 Å². The van der Waals surface area contributed by atoms with Crippen LogP contribution in [0.3, 0.4) is 0 Å². The molecule has 6 heteroatoms. The molecule has 0 fully saturated rings. The van der Waals surface area contributed by atoms with Crippen LogP contribution >= 0.6 is 0 Å². The van der Waals surface area contributed by atoms with Gasteiger partial charge in [-0.1, -0.05) is 12.1 Å². The fourth-order valence-corrected chi connectivity index (χ4v) is 2.21. The number of aryl methyl sites for hydroxylation is 1. The topological polar surface area (TPSA) is 85.2 Å². The first-order valence-electron chi connectivity index (χ1n) is 7.68. The minimum atomic E-state index is -0.547. The number of aromatic hydroxyl groups is 1. The number of carbonyl (C=O) groups excluding carboxylic acids is 1. The molecule has 0 bridgehead atoms. The maximum atomic E-state index is 13.1. The Hall–Kier alpha value is -3.33. The fourth-order valence-electron chi connectivity index (χ4n) is 2.21. The van der Waals surface area contributed by atoms with Crippen molar-refractivity contribution in [2.45, 2.75) is 13.3 Å². The molecule has 25 heavy (non-hydrogen) atoms. The first kappa shape index (κ1) is 18.0. The molecule has 0 saturated heterocycles. The molecule has 0 saturated carbocycles. The van der Waals surface area contributed by atoms with Crippen molar-refractivity contribution in [3.05, 3.63) is 71.2 Å². The second kappa shape index (κ2) is 8.50. The van der Waals surface area contributed by atoms with Gasteiger partial charge < -0.3 is 15.7 Å². The summed E-state index contributed by atoms with van der Waals surface area (Å²) in [6, 6.07) is 12.6. The van der Waals surface area contributed by atoms with Crippen molar-refractivity contribution in [3.63, 3.8) is 0 Å². The Morgan fingerprint density at radius 3 is 2.80 bits per heavy atom. The molecule has 5 nitrogen and oxygen atoms in total. The van der Waals surface area contributed by atoms with Crippen molar-refractivity contribution in [3.8, 4) is 11.8 Å². The number of benzene rings is 2. The Balaban J connectivity index is 1.92. The number of nitriles is 1. The smallest absolute Gasteiger partial charge is 0.267 e. The Morgan fingerprint density at radius 2 is 2.12 bits per heavy atom. The molecular formula is C19H18FN3O2. The zero-order chi connectivity index (χ0) is 18.2. The van der Waals surface area contributed by atoms with E-state index in [0.29, 0.717) is 24.2 Å². The normalized spacial score (nSPS) is 10.8. The van der Waals surface area contributed by atoms with Crippen LogP contribution in [0, 0.1) is 24.1 Å². The van der Waals surface area contributed by atoms with E-state index in [-0.39, 0.29) is 17.1 Å². The molecule has 2 rings (SSSR count). The average molecular weight is 339 g/mol. The van der Waals surface area contributed by atoms with Crippen LogP contribution in [-0.2, 0) is 11.2 Å². The standard InChI is InChI=1S/C19H18FN3O2/c1-13-9-17(24)5-6-18(13)23-19(25)15(11-21)12-22-8-7-14-3-2-4-16(20)10-14/h2-6,9-10,12,22,24H,7-8H2,1H3,(H,23,25)/b15-12-. The molecule has 2 aromatic rings. The van der Waals surface area contributed by atoms with Crippen molar-refractivity contribution < 1.29 is 14.3 Å². The van der Waals surface area contributed by atoms with Crippen molar-refractivity contribution in [2.24, 2.45) is 0 Å². The number of halogens is 1. The van der Waals surface area contributed by atoms with Gasteiger partial charge in [-0.05, 0) is 54.8 Å². The van der Waals surface area contributed by atoms with Gasteiger partial charge in [-0.15, -0.1) is 0 Å². The summed E-state index contributed by atoms with van der Waals surface area (Å²) < 4.78 is 13.1. The summed E-state index contributed by atoms with van der Waals surface area (Å²) in [4.78, 5) is 12.1. The van der Waals surface area contributed by atoms with Gasteiger partial charge >= 0.3 is 0 Å². The van der Waals surface area contributed by atoms with Crippen LogP contribution < -0.4 is 10.6 Å². The SMILES string of the molecule is Cc1cc(O)ccc1NC(=O)/C(C#N)=C\NCCc1cccc(F)c1. The highest BCUT2D eigenvalue weighted by Gasteiger charge is 2.10. The van der Waals surface area contributed by atoms with E-state index in [1.54, 1.807) is 25.1 Å². The lowest BCUT2D eigenvalue weighted by Crippen LogP contribution is -2.18. The Kier molecular flexibility index (Phi) is 6.13. The molecular weight excluding hydrogens is 321 g/mol. The monoisotopic (exact) mass is 339 g/mol. The molecule has 0 aliphatic carbocycles. The lowest BCUT2D eigenvalue weighted by molar-refractivity contribution is -0.112. The largest absolute Gasteiger partial charge is 0.508 e. The first-order chi connectivity index (χ1) is 12.0. The highest BCUT2D eigenvalue weighted by Crippen LogP contribution is 2.20. The van der Waals surface area contributed by atoms with E-state index in [1.807, 2.05) is 6.07 Å². The number of hydrogen-bond donors (Lipinski definition) is 3. The van der Waals surface area contributed by atoms with Crippen LogP contribution in [-0.4, -0.2) is 17.6 Å². The lowest BCUT2D eigenvalue weighted by atomic mass is 10.1. The third kappa shape index (κ3) is 5.36. The van der Waals surface area contributed by atoms with Crippen LogP contribution in [0.1, 0.15) is 11.1 Å². The highest BCUT2D eigenvalue weighted by atomic mass is 19.1. The Labute approximate surface area is 145 Å². The molecule has 3 N–H and O–H groups in total. The van der Waals surface area contributed by atoms with Gasteiger partial charge in [-0.25, -0.2) is 4.39 Å². The predicted octanol–water partition coefficient (Wildman–Crippen LogP) is 3.02. The van der Waals surface area contributed by atoms with E-state index in [2.05, 4.69) is 10.6 Å². The van der Waals surface area contributed by atoms with Crippen molar-refractivity contribution >= 4 is 11.6 Å². The number of nitrogens with zero attached hydrogens (tertiary/aromatic N) is 1. The maximum absolute atomic E-state index is 13.1. The van der Waals surface area contributed by atoms with Crippen LogP contribution in [0.15, 0.2) is 54.2 Å². The van der Waals surface area contributed by atoms with E-state index < -0.39 is 5.91 Å². The number of anilines is 1. The summed E-state index contributed by atoms with van der Waals surface area (Å²) in [5.74, 6) is -0.741. The molecule has 0 unspecified atom stereocenters. The number of amides is 1. The van der Waals surface area contributed by atoms with Crippen molar-refractivity contribution in [1.29, 1.82) is 5.26 Å². The third-order valence-electron chi connectivity index (χ3n) is 3.52. The molecule has 0 spiro atoms. The van der Waals surface area contributed by atoms with Gasteiger partial charge in [0, 0.05) is 18.4 Å². The summed E-state index contributed by atoms with van der Waals surface area (Å²) in [5.41, 5.74) is 1.95. The number of phenolic OH excluding ortho intramolecular Hbond substituents is 1. The molecule has 1 amide bonds. The number of hydrogen-bond acceptors (Lipinski definition) is 4. The minimum absolute atomic E-state index is 0.0771. The quantitative estimate of drug-likeness (QED) is 0.327. The van der Waals surface area contributed by atoms with Gasteiger partial charge in [0.1, 0.15) is 23.2 Å². The number of carbonyl (C=O) groups is 1. The summed E-state index contributed by atoms with van der Waals surface area (Å²) >= 11 is 0. The van der Waals surface area contributed by atoms with Crippen LogP contribution in [0.5, 0.6) is 5.75 Å². The first-order valence-corrected chi connectivity index (χ1v) is 7.68. The second-order valence-electron chi connectivity index (χ2n) is 5.46. The zero-order valence-corrected chi connectivity index (χ0v) is 13.7. The molecule has 2 aromatic carbocycles. The molecule has 0 atom stereocenters. The molecule has 0 aliphatic rings. The van der Waals surface area contributed by atoms with Crippen LogP contribution in [0.4, 0.5) is 10.1 Å². The van der Waals surface area contributed by atoms with Gasteiger partial charge in [-0.3, -0.25) is 4.79 Å². The van der Waals surface area contributed by atoms with Gasteiger partial charge in [0.15, 0.2) is 0 Å². The van der Waals surface area contributed by atoms with E-state index in [9.17, 15) is 14.3 Å². The van der Waals surface area contributed by atoms with E-state index in [1.165, 1.54) is 30.5 Å². The number of phenols is 1. The number of rotatable bonds is 6. The van der Waals surface area contributed by atoms with Gasteiger partial charge in [0.2, 0.25) is 0 Å². The van der Waals surface area contributed by atoms with Crippen molar-refractivity contribution in [2.75, 3.05) is 11.9 Å². The minimum Gasteiger partial charge on any atom is -0.508 e. The fraction of sp³-hybridized carbons (Fsp3) is 0.158. The van der Waals surface area contributed by atoms with Crippen LogP contribution in [0.25, 0.3) is 0 Å². The second-order valence-corrected chi connectivity index (χ2v) is 5.46. The molecule has 0 radical (unpaired) electrons. The maximum Gasteiger partial charge on any atom is 0.267 e. The molecule has 128 valence electrons. The molecule has 0 aromatic heterocycles. The summed E-state index contributed by atoms with van der Waals surface area (Å²) in [6.45, 7) is 2.20. The third-order valence-corrected chi connectivity index (χ3v) is 3.52. The summed E-state index contributed by atoms with van der Waals surface area (Å²) in [6.07, 6.45) is 1.90. The summed E-state index contributed by atoms with van der Waals surface area (Å²) in [7, 11) is 0. The zero-order valence-electron chi connectivity index (χ0n) is 13.7. The Morgan fingerprint density at radius 1 is 1.32 bits per heavy atom. The highest BCUT2D eigenvalue weighted by molar-refractivity contribution is 6.06. The molecule has 0 aliphatic heterocycles. The summed E-state index contributed by atoms with van der Waals surface area (Å²) in [5, 5.41) is 24.0. The van der Waals surface area contributed by atoms with Gasteiger partial charge in [-0.2, -0.15) is 5.26 Å². The predicted molar refractivity (Wildman–Crippen MR) is 93.3 cm³/mol. The van der Waals surface area contributed by atoms with E-state index in [4.69, 9.17) is 5.26 Å². The van der Waals surface area contributed by atoms with Gasteiger partial charge in [0.05, 0.1) is 0 Å². The van der Waals surface area contributed by atoms with E-state index in [0.717, 1.165) is 5.56 Å². The lowest BCUT2D eigenvalue weighted by Gasteiger charge is -2.08. The van der Waals surface area contributed by atoms with E-state index >= 15 is 0 Å². The Bertz CT molecular complexity index is 841.